The van der Waals surface area contributed by atoms with Gasteiger partial charge >= 0.3 is 0 Å². The summed E-state index contributed by atoms with van der Waals surface area (Å²) < 4.78 is 24.3. The van der Waals surface area contributed by atoms with E-state index in [9.17, 15) is 8.42 Å². The molecule has 0 bridgehead atoms. The zero-order chi connectivity index (χ0) is 13.8. The van der Waals surface area contributed by atoms with Crippen LogP contribution in [-0.4, -0.2) is 33.6 Å². The Hall–Kier alpha value is -0.950. The molecule has 1 aromatic carbocycles. The maximum absolute atomic E-state index is 12.1. The minimum atomic E-state index is -3.50. The SMILES string of the molecule is CC(C)NCc1ccccc1S(=O)(=O)NN(C)C. The Labute approximate surface area is 109 Å². The molecule has 0 atom stereocenters. The van der Waals surface area contributed by atoms with Gasteiger partial charge in [-0.15, -0.1) is 4.83 Å². The van der Waals surface area contributed by atoms with E-state index in [1.54, 1.807) is 26.2 Å². The number of rotatable bonds is 6. The summed E-state index contributed by atoms with van der Waals surface area (Å²) in [7, 11) is -0.211. The molecule has 0 spiro atoms. The van der Waals surface area contributed by atoms with Crippen LogP contribution in [0.15, 0.2) is 29.2 Å². The zero-order valence-electron chi connectivity index (χ0n) is 11.3. The third kappa shape index (κ3) is 4.38. The second-order valence-electron chi connectivity index (χ2n) is 4.63. The molecule has 0 aliphatic carbocycles. The number of hydrogen-bond acceptors (Lipinski definition) is 4. The standard InChI is InChI=1S/C12H21N3O2S/c1-10(2)13-9-11-7-5-6-8-12(11)18(16,17)14-15(3)4/h5-8,10,13-14H,9H2,1-4H3. The Morgan fingerprint density at radius 3 is 2.39 bits per heavy atom. The minimum absolute atomic E-state index is 0.308. The van der Waals surface area contributed by atoms with Crippen molar-refractivity contribution in [2.24, 2.45) is 0 Å². The van der Waals surface area contributed by atoms with Crippen LogP contribution in [0.2, 0.25) is 0 Å². The molecule has 1 rings (SSSR count). The van der Waals surface area contributed by atoms with Crippen LogP contribution in [0.3, 0.4) is 0 Å². The highest BCUT2D eigenvalue weighted by Crippen LogP contribution is 2.15. The number of benzene rings is 1. The molecule has 0 unspecified atom stereocenters. The summed E-state index contributed by atoms with van der Waals surface area (Å²) in [5, 5.41) is 4.64. The Kier molecular flexibility index (Phi) is 5.28. The summed E-state index contributed by atoms with van der Waals surface area (Å²) in [6, 6.07) is 7.31. The van der Waals surface area contributed by atoms with Crippen molar-refractivity contribution in [1.29, 1.82) is 0 Å². The molecule has 0 saturated carbocycles. The van der Waals surface area contributed by atoms with Crippen LogP contribution in [0.4, 0.5) is 0 Å². The van der Waals surface area contributed by atoms with E-state index in [-0.39, 0.29) is 0 Å². The van der Waals surface area contributed by atoms with E-state index in [0.29, 0.717) is 17.5 Å². The molecule has 0 amide bonds. The molecule has 1 aromatic rings. The Bertz CT molecular complexity index is 484. The summed E-state index contributed by atoms with van der Waals surface area (Å²) in [6.07, 6.45) is 0. The molecule has 102 valence electrons. The number of nitrogens with zero attached hydrogens (tertiary/aromatic N) is 1. The smallest absolute Gasteiger partial charge is 0.253 e. The highest BCUT2D eigenvalue weighted by atomic mass is 32.2. The van der Waals surface area contributed by atoms with Gasteiger partial charge in [-0.3, -0.25) is 0 Å². The highest BCUT2D eigenvalue weighted by Gasteiger charge is 2.18. The molecule has 0 radical (unpaired) electrons. The van der Waals surface area contributed by atoms with Gasteiger partial charge < -0.3 is 5.32 Å². The molecule has 0 aliphatic heterocycles. The molecule has 0 aliphatic rings. The van der Waals surface area contributed by atoms with E-state index in [1.165, 1.54) is 5.01 Å². The van der Waals surface area contributed by atoms with Crippen LogP contribution >= 0.6 is 0 Å². The van der Waals surface area contributed by atoms with Crippen molar-refractivity contribution in [3.05, 3.63) is 29.8 Å². The Balaban J connectivity index is 3.01. The monoisotopic (exact) mass is 271 g/mol. The first-order valence-electron chi connectivity index (χ1n) is 5.84. The quantitative estimate of drug-likeness (QED) is 0.756. The van der Waals surface area contributed by atoms with Crippen LogP contribution < -0.4 is 10.1 Å². The number of hydrogen-bond donors (Lipinski definition) is 2. The van der Waals surface area contributed by atoms with Crippen molar-refractivity contribution in [2.45, 2.75) is 31.3 Å². The van der Waals surface area contributed by atoms with Crippen molar-refractivity contribution < 1.29 is 8.42 Å². The lowest BCUT2D eigenvalue weighted by Crippen LogP contribution is -2.37. The summed E-state index contributed by atoms with van der Waals surface area (Å²) in [4.78, 5) is 2.75. The van der Waals surface area contributed by atoms with Gasteiger partial charge in [0.1, 0.15) is 0 Å². The Morgan fingerprint density at radius 2 is 1.83 bits per heavy atom. The van der Waals surface area contributed by atoms with E-state index >= 15 is 0 Å². The summed E-state index contributed by atoms with van der Waals surface area (Å²) >= 11 is 0. The molecular formula is C12H21N3O2S. The van der Waals surface area contributed by atoms with Crippen LogP contribution in [-0.2, 0) is 16.6 Å². The van der Waals surface area contributed by atoms with Gasteiger partial charge in [0.25, 0.3) is 10.0 Å². The molecular weight excluding hydrogens is 250 g/mol. The van der Waals surface area contributed by atoms with Crippen molar-refractivity contribution in [1.82, 2.24) is 15.2 Å². The summed E-state index contributed by atoms with van der Waals surface area (Å²) in [5.74, 6) is 0. The van der Waals surface area contributed by atoms with Crippen molar-refractivity contribution in [2.75, 3.05) is 14.1 Å². The zero-order valence-corrected chi connectivity index (χ0v) is 12.1. The third-order valence-corrected chi connectivity index (χ3v) is 3.85. The lowest BCUT2D eigenvalue weighted by Gasteiger charge is -2.16. The topological polar surface area (TPSA) is 61.4 Å². The summed E-state index contributed by atoms with van der Waals surface area (Å²) in [5.41, 5.74) is 0.764. The van der Waals surface area contributed by atoms with E-state index in [0.717, 1.165) is 5.56 Å². The first kappa shape index (κ1) is 15.1. The average molecular weight is 271 g/mol. The van der Waals surface area contributed by atoms with Crippen molar-refractivity contribution >= 4 is 10.0 Å². The van der Waals surface area contributed by atoms with Gasteiger partial charge in [0.05, 0.1) is 4.90 Å². The second kappa shape index (κ2) is 6.29. The molecule has 0 aromatic heterocycles. The van der Waals surface area contributed by atoms with Gasteiger partial charge in [0.2, 0.25) is 0 Å². The van der Waals surface area contributed by atoms with Gasteiger partial charge in [-0.05, 0) is 11.6 Å². The minimum Gasteiger partial charge on any atom is -0.310 e. The Morgan fingerprint density at radius 1 is 1.22 bits per heavy atom. The summed E-state index contributed by atoms with van der Waals surface area (Å²) in [6.45, 7) is 4.58. The number of hydrazine groups is 1. The first-order valence-corrected chi connectivity index (χ1v) is 7.32. The molecule has 0 fully saturated rings. The normalized spacial score (nSPS) is 12.3. The fourth-order valence-corrected chi connectivity index (χ4v) is 2.84. The molecule has 6 heteroatoms. The van der Waals surface area contributed by atoms with Gasteiger partial charge in [-0.2, -0.15) is 0 Å². The number of nitrogens with one attached hydrogen (secondary N) is 2. The van der Waals surface area contributed by atoms with E-state index < -0.39 is 10.0 Å². The largest absolute Gasteiger partial charge is 0.310 e. The third-order valence-electron chi connectivity index (χ3n) is 2.27. The predicted octanol–water partition coefficient (Wildman–Crippen LogP) is 0.939. The van der Waals surface area contributed by atoms with Crippen LogP contribution in [0.5, 0.6) is 0 Å². The van der Waals surface area contributed by atoms with Crippen molar-refractivity contribution in [3.8, 4) is 0 Å². The first-order chi connectivity index (χ1) is 8.33. The lowest BCUT2D eigenvalue weighted by atomic mass is 10.2. The van der Waals surface area contributed by atoms with E-state index in [2.05, 4.69) is 10.1 Å². The fourth-order valence-electron chi connectivity index (χ4n) is 1.52. The fraction of sp³-hybridized carbons (Fsp3) is 0.500. The van der Waals surface area contributed by atoms with E-state index in [4.69, 9.17) is 0 Å². The molecule has 5 nitrogen and oxygen atoms in total. The van der Waals surface area contributed by atoms with E-state index in [1.807, 2.05) is 26.0 Å². The van der Waals surface area contributed by atoms with Crippen LogP contribution in [0, 0.1) is 0 Å². The van der Waals surface area contributed by atoms with Gasteiger partial charge in [-0.25, -0.2) is 13.4 Å². The second-order valence-corrected chi connectivity index (χ2v) is 6.26. The molecule has 0 saturated heterocycles. The van der Waals surface area contributed by atoms with Gasteiger partial charge in [-0.1, -0.05) is 32.0 Å². The van der Waals surface area contributed by atoms with Crippen molar-refractivity contribution in [3.63, 3.8) is 0 Å². The van der Waals surface area contributed by atoms with Crippen LogP contribution in [0.25, 0.3) is 0 Å². The van der Waals surface area contributed by atoms with Crippen LogP contribution in [0.1, 0.15) is 19.4 Å². The average Bonchev–Trinajstić information content (AvgIpc) is 2.25. The maximum Gasteiger partial charge on any atom is 0.253 e. The van der Waals surface area contributed by atoms with Gasteiger partial charge in [0.15, 0.2) is 0 Å². The highest BCUT2D eigenvalue weighted by molar-refractivity contribution is 7.89. The molecule has 0 heterocycles. The predicted molar refractivity (Wildman–Crippen MR) is 72.4 cm³/mol. The molecule has 18 heavy (non-hydrogen) atoms. The molecule has 2 N–H and O–H groups in total. The van der Waals surface area contributed by atoms with Gasteiger partial charge in [0, 0.05) is 26.7 Å². The maximum atomic E-state index is 12.1. The number of sulfonamides is 1. The lowest BCUT2D eigenvalue weighted by molar-refractivity contribution is 0.363.